The number of amides is 2. The van der Waals surface area contributed by atoms with Crippen LogP contribution >= 0.6 is 0 Å². The summed E-state index contributed by atoms with van der Waals surface area (Å²) in [6.45, 7) is 22.6. The number of hydrogen-bond donors (Lipinski definition) is 1. The summed E-state index contributed by atoms with van der Waals surface area (Å²) < 4.78 is 28.0. The number of carbonyl (C=O) groups is 2. The molecule has 2 amide bonds. The van der Waals surface area contributed by atoms with Crippen molar-refractivity contribution in [2.75, 3.05) is 33.4 Å². The van der Waals surface area contributed by atoms with Crippen molar-refractivity contribution < 1.29 is 33.6 Å². The zero-order valence-electron chi connectivity index (χ0n) is 39.3. The second kappa shape index (κ2) is 19.2. The van der Waals surface area contributed by atoms with Crippen LogP contribution in [-0.2, 0) is 27.7 Å². The maximum absolute atomic E-state index is 13.4. The Balaban J connectivity index is 1.15. The highest BCUT2D eigenvalue weighted by molar-refractivity contribution is 6.76. The minimum Gasteiger partial charge on any atom is -0.479 e. The summed E-state index contributed by atoms with van der Waals surface area (Å²) >= 11 is 0. The third kappa shape index (κ3) is 11.4. The van der Waals surface area contributed by atoms with Gasteiger partial charge in [0.2, 0.25) is 5.88 Å². The Morgan fingerprint density at radius 1 is 0.703 bits per heavy atom. The Morgan fingerprint density at radius 2 is 1.22 bits per heavy atom. The molecule has 0 saturated carbocycles. The predicted molar refractivity (Wildman–Crippen MR) is 254 cm³/mol. The molecule has 3 aromatic heterocycles. The van der Waals surface area contributed by atoms with E-state index in [1.54, 1.807) is 12.0 Å². The Kier molecular flexibility index (Phi) is 14.0. The number of methoxy groups -OCH3 is 1. The minimum atomic E-state index is -1.29. The molecule has 2 fully saturated rings. The molecule has 344 valence electrons. The van der Waals surface area contributed by atoms with E-state index in [-0.39, 0.29) is 18.2 Å². The molecule has 1 unspecified atom stereocenters. The van der Waals surface area contributed by atoms with E-state index < -0.39 is 27.8 Å². The summed E-state index contributed by atoms with van der Waals surface area (Å²) in [4.78, 5) is 48.9. The third-order valence-electron chi connectivity index (χ3n) is 11.6. The van der Waals surface area contributed by atoms with Gasteiger partial charge in [-0.1, -0.05) is 69.6 Å². The Morgan fingerprint density at radius 3 is 1.75 bits per heavy atom. The SMILES string of the molecule is COc1nc2cc(-c3cn(COCC[Si](C)(C)C)c([C@@H]4CCCN4C(=O)OC(C)(C)C)n3)ccc2nc1-c1ccc(-c2cn(COCC[Si](C)(C)C)c(C3CCCN3C(=O)O)n2)cc1. The lowest BCUT2D eigenvalue weighted by Crippen LogP contribution is -2.37. The van der Waals surface area contributed by atoms with Crippen molar-refractivity contribution in [2.24, 2.45) is 0 Å². The lowest BCUT2D eigenvalue weighted by Gasteiger charge is -2.28. The van der Waals surface area contributed by atoms with Gasteiger partial charge in [-0.25, -0.2) is 29.5 Å². The van der Waals surface area contributed by atoms with E-state index >= 15 is 0 Å². The zero-order valence-corrected chi connectivity index (χ0v) is 41.3. The van der Waals surface area contributed by atoms with Crippen molar-refractivity contribution in [3.8, 4) is 39.7 Å². The molecule has 5 aromatic rings. The molecule has 64 heavy (non-hydrogen) atoms. The first-order valence-corrected chi connectivity index (χ1v) is 29.9. The first kappa shape index (κ1) is 46.9. The predicted octanol–water partition coefficient (Wildman–Crippen LogP) is 10.5. The van der Waals surface area contributed by atoms with E-state index in [1.807, 2.05) is 84.8 Å². The van der Waals surface area contributed by atoms with Crippen LogP contribution in [0, 0.1) is 0 Å². The largest absolute Gasteiger partial charge is 0.479 e. The number of nitrogens with zero attached hydrogens (tertiary/aromatic N) is 8. The van der Waals surface area contributed by atoms with Gasteiger partial charge in [-0.3, -0.25) is 9.80 Å². The molecule has 0 aliphatic carbocycles. The van der Waals surface area contributed by atoms with Crippen LogP contribution in [-0.4, -0.2) is 111 Å². The van der Waals surface area contributed by atoms with Gasteiger partial charge in [0, 0.05) is 71.5 Å². The second-order valence-corrected chi connectivity index (χ2v) is 31.7. The number of carboxylic acid groups (broad SMARTS) is 1. The van der Waals surface area contributed by atoms with Crippen LogP contribution in [0.4, 0.5) is 9.59 Å². The summed E-state index contributed by atoms with van der Waals surface area (Å²) in [7, 11) is -0.980. The molecule has 2 aliphatic rings. The number of carbonyl (C=O) groups excluding carboxylic acids is 1. The molecule has 17 heteroatoms. The fourth-order valence-electron chi connectivity index (χ4n) is 8.12. The molecule has 0 bridgehead atoms. The Bertz CT molecular complexity index is 2430. The molecular formula is C47H66N8O7Si2. The van der Waals surface area contributed by atoms with E-state index in [0.29, 0.717) is 74.6 Å². The summed E-state index contributed by atoms with van der Waals surface area (Å²) in [5.41, 5.74) is 5.39. The monoisotopic (exact) mass is 910 g/mol. The fourth-order valence-corrected chi connectivity index (χ4v) is 9.64. The molecule has 1 N–H and O–H groups in total. The van der Waals surface area contributed by atoms with Gasteiger partial charge in [0.15, 0.2) is 0 Å². The maximum Gasteiger partial charge on any atom is 0.410 e. The van der Waals surface area contributed by atoms with Crippen molar-refractivity contribution in [3.05, 3.63) is 66.5 Å². The molecule has 0 spiro atoms. The molecule has 2 atom stereocenters. The normalized spacial score (nSPS) is 17.2. The molecule has 2 aromatic carbocycles. The summed E-state index contributed by atoms with van der Waals surface area (Å²) in [6.07, 6.45) is 5.82. The second-order valence-electron chi connectivity index (χ2n) is 20.4. The van der Waals surface area contributed by atoms with E-state index in [2.05, 4.69) is 39.3 Å². The Hall–Kier alpha value is -5.11. The van der Waals surface area contributed by atoms with Crippen LogP contribution in [0.3, 0.4) is 0 Å². The van der Waals surface area contributed by atoms with Crippen molar-refractivity contribution in [3.63, 3.8) is 0 Å². The number of fused-ring (bicyclic) bond motifs is 1. The highest BCUT2D eigenvalue weighted by Gasteiger charge is 2.37. The van der Waals surface area contributed by atoms with Crippen molar-refractivity contribution in [1.82, 2.24) is 38.9 Å². The van der Waals surface area contributed by atoms with Crippen LogP contribution in [0.5, 0.6) is 5.88 Å². The van der Waals surface area contributed by atoms with E-state index in [1.165, 1.54) is 4.90 Å². The molecule has 7 rings (SSSR count). The van der Waals surface area contributed by atoms with Crippen molar-refractivity contribution in [2.45, 2.75) is 129 Å². The smallest absolute Gasteiger partial charge is 0.410 e. The fraction of sp³-hybridized carbons (Fsp3) is 0.532. The van der Waals surface area contributed by atoms with Gasteiger partial charge >= 0.3 is 12.2 Å². The first-order valence-electron chi connectivity index (χ1n) is 22.5. The number of aromatic nitrogens is 6. The standard InChI is InChI=1S/C47H66N8O7Si2/c1-47(2,3)62-46(58)55-22-12-14-40(55)43-50-38(29-53(43)31-61-24-26-64(8,9)10)34-19-20-35-36(27-34)51-44(59-4)41(48-35)33-17-15-32(16-18-33)37-28-52(30-60-23-25-63(5,6)7)42(49-37)39-13-11-21-54(39)45(56)57/h15-20,27-29,39-40H,11-14,21-26,30-31H2,1-10H3,(H,56,57)/t39?,40-/m0/s1. The number of imidazole rings is 2. The van der Waals surface area contributed by atoms with Crippen LogP contribution in [0.15, 0.2) is 54.9 Å². The quantitative estimate of drug-likeness (QED) is 0.0741. The van der Waals surface area contributed by atoms with Gasteiger partial charge in [0.25, 0.3) is 0 Å². The van der Waals surface area contributed by atoms with Gasteiger partial charge in [0.05, 0.1) is 41.6 Å². The average Bonchev–Trinajstić information content (AvgIpc) is 4.05. The van der Waals surface area contributed by atoms with E-state index in [9.17, 15) is 14.7 Å². The first-order chi connectivity index (χ1) is 30.3. The number of hydrogen-bond acceptors (Lipinski definition) is 10. The molecule has 2 aliphatic heterocycles. The molecular weight excluding hydrogens is 845 g/mol. The molecule has 5 heterocycles. The zero-order chi connectivity index (χ0) is 46.0. The topological polar surface area (TPSA) is 159 Å². The van der Waals surface area contributed by atoms with Crippen LogP contribution in [0.2, 0.25) is 51.4 Å². The van der Waals surface area contributed by atoms with Gasteiger partial charge in [-0.05, 0) is 70.7 Å². The highest BCUT2D eigenvalue weighted by Crippen LogP contribution is 2.37. The average molecular weight is 911 g/mol. The molecule has 2 saturated heterocycles. The summed E-state index contributed by atoms with van der Waals surface area (Å²) in [6, 6.07) is 15.4. The number of likely N-dealkylation sites (tertiary alicyclic amines) is 2. The number of ether oxygens (including phenoxy) is 4. The van der Waals surface area contributed by atoms with Crippen molar-refractivity contribution in [1.29, 1.82) is 0 Å². The maximum atomic E-state index is 13.4. The van der Waals surface area contributed by atoms with Crippen LogP contribution in [0.1, 0.15) is 70.2 Å². The number of rotatable bonds is 16. The van der Waals surface area contributed by atoms with Gasteiger partial charge in [-0.2, -0.15) is 0 Å². The summed E-state index contributed by atoms with van der Waals surface area (Å²) in [5.74, 6) is 1.85. The third-order valence-corrected chi connectivity index (χ3v) is 15.0. The van der Waals surface area contributed by atoms with E-state index in [4.69, 9.17) is 38.9 Å². The van der Waals surface area contributed by atoms with Crippen LogP contribution in [0.25, 0.3) is 44.8 Å². The molecule has 15 nitrogen and oxygen atoms in total. The summed E-state index contributed by atoms with van der Waals surface area (Å²) in [5, 5.41) is 9.95. The lowest BCUT2D eigenvalue weighted by atomic mass is 10.1. The van der Waals surface area contributed by atoms with Gasteiger partial charge < -0.3 is 33.2 Å². The Labute approximate surface area is 379 Å². The minimum absolute atomic E-state index is 0.246. The van der Waals surface area contributed by atoms with Crippen molar-refractivity contribution >= 4 is 39.4 Å². The molecule has 0 radical (unpaired) electrons. The van der Waals surface area contributed by atoms with Gasteiger partial charge in [0.1, 0.15) is 36.4 Å². The highest BCUT2D eigenvalue weighted by atomic mass is 28.3. The van der Waals surface area contributed by atoms with Gasteiger partial charge in [-0.15, -0.1) is 0 Å². The van der Waals surface area contributed by atoms with Crippen LogP contribution < -0.4 is 4.74 Å². The van der Waals surface area contributed by atoms with E-state index in [0.717, 1.165) is 65.3 Å². The lowest BCUT2D eigenvalue weighted by molar-refractivity contribution is 0.0204. The number of benzene rings is 2.